The molecule has 0 aromatic carbocycles. The van der Waals surface area contributed by atoms with Gasteiger partial charge in [-0.05, 0) is 11.8 Å². The number of ketones is 1. The maximum atomic E-state index is 11.9. The molecule has 17 heavy (non-hydrogen) atoms. The number of alkyl halides is 1. The summed E-state index contributed by atoms with van der Waals surface area (Å²) in [6.45, 7) is 4.09. The number of halogens is 1. The standard InChI is InChI=1S/C11H13ClN2O2S/c1-11(2)3-6-9(7(15)4-11)17-10(13-6)14-8(16)5-12/h3-5H2,1-2H3,(H,13,14,16). The highest BCUT2D eigenvalue weighted by Gasteiger charge is 2.33. The number of nitrogens with one attached hydrogen (secondary N) is 1. The van der Waals surface area contributed by atoms with Crippen LogP contribution in [0.3, 0.4) is 0 Å². The molecule has 1 aromatic heterocycles. The van der Waals surface area contributed by atoms with Crippen molar-refractivity contribution < 1.29 is 9.59 Å². The van der Waals surface area contributed by atoms with Gasteiger partial charge in [-0.15, -0.1) is 11.6 Å². The van der Waals surface area contributed by atoms with Crippen molar-refractivity contribution in [3.05, 3.63) is 10.6 Å². The zero-order valence-corrected chi connectivity index (χ0v) is 11.2. The second kappa shape index (κ2) is 4.38. The molecule has 0 unspecified atom stereocenters. The Morgan fingerprint density at radius 1 is 1.53 bits per heavy atom. The van der Waals surface area contributed by atoms with Gasteiger partial charge in [0.05, 0.1) is 10.6 Å². The Labute approximate surface area is 108 Å². The quantitative estimate of drug-likeness (QED) is 0.842. The number of rotatable bonds is 2. The van der Waals surface area contributed by atoms with Crippen molar-refractivity contribution in [2.24, 2.45) is 5.41 Å². The Morgan fingerprint density at radius 2 is 2.24 bits per heavy atom. The molecule has 0 bridgehead atoms. The van der Waals surface area contributed by atoms with Crippen LogP contribution in [0, 0.1) is 5.41 Å². The van der Waals surface area contributed by atoms with Crippen molar-refractivity contribution in [3.8, 4) is 0 Å². The zero-order valence-electron chi connectivity index (χ0n) is 9.67. The summed E-state index contributed by atoms with van der Waals surface area (Å²) in [5.41, 5.74) is 0.743. The maximum Gasteiger partial charge on any atom is 0.241 e. The number of amides is 1. The van der Waals surface area contributed by atoms with E-state index in [1.807, 2.05) is 13.8 Å². The lowest BCUT2D eigenvalue weighted by Gasteiger charge is -2.26. The molecule has 0 spiro atoms. The van der Waals surface area contributed by atoms with Gasteiger partial charge in [-0.1, -0.05) is 25.2 Å². The fourth-order valence-corrected chi connectivity index (χ4v) is 2.93. The van der Waals surface area contributed by atoms with Crippen molar-refractivity contribution in [1.29, 1.82) is 0 Å². The highest BCUT2D eigenvalue weighted by Crippen LogP contribution is 2.38. The fraction of sp³-hybridized carbons (Fsp3) is 0.545. The van der Waals surface area contributed by atoms with Crippen molar-refractivity contribution >= 4 is 39.8 Å². The maximum absolute atomic E-state index is 11.9. The van der Waals surface area contributed by atoms with Gasteiger partial charge in [0.15, 0.2) is 10.9 Å². The van der Waals surface area contributed by atoms with E-state index in [4.69, 9.17) is 11.6 Å². The third-order valence-electron chi connectivity index (χ3n) is 2.60. The summed E-state index contributed by atoms with van der Waals surface area (Å²) in [5.74, 6) is -0.298. The average molecular weight is 273 g/mol. The van der Waals surface area contributed by atoms with Gasteiger partial charge in [-0.25, -0.2) is 4.98 Å². The molecule has 2 rings (SSSR count). The summed E-state index contributed by atoms with van der Waals surface area (Å²) >= 11 is 6.64. The van der Waals surface area contributed by atoms with Crippen molar-refractivity contribution in [2.45, 2.75) is 26.7 Å². The number of thiazole rings is 1. The second-order valence-corrected chi connectivity index (χ2v) is 6.18. The van der Waals surface area contributed by atoms with E-state index >= 15 is 0 Å². The predicted octanol–water partition coefficient (Wildman–Crippen LogP) is 2.48. The van der Waals surface area contributed by atoms with Crippen molar-refractivity contribution in [2.75, 3.05) is 11.2 Å². The summed E-state index contributed by atoms with van der Waals surface area (Å²) in [6.07, 6.45) is 1.30. The fourth-order valence-electron chi connectivity index (χ4n) is 1.93. The molecule has 1 heterocycles. The lowest BCUT2D eigenvalue weighted by Crippen LogP contribution is -2.26. The number of aromatic nitrogens is 1. The van der Waals surface area contributed by atoms with E-state index in [0.717, 1.165) is 12.1 Å². The van der Waals surface area contributed by atoms with E-state index in [1.165, 1.54) is 11.3 Å². The first kappa shape index (κ1) is 12.5. The van der Waals surface area contributed by atoms with E-state index < -0.39 is 0 Å². The molecule has 1 aliphatic rings. The lowest BCUT2D eigenvalue weighted by atomic mass is 9.78. The molecule has 1 aromatic rings. The second-order valence-electron chi connectivity index (χ2n) is 4.92. The Kier molecular flexibility index (Phi) is 3.23. The van der Waals surface area contributed by atoms with Gasteiger partial charge in [0.25, 0.3) is 0 Å². The van der Waals surface area contributed by atoms with Gasteiger partial charge in [0, 0.05) is 6.42 Å². The number of hydrogen-bond donors (Lipinski definition) is 1. The third kappa shape index (κ3) is 2.66. The van der Waals surface area contributed by atoms with Crippen LogP contribution in [0.2, 0.25) is 0 Å². The lowest BCUT2D eigenvalue weighted by molar-refractivity contribution is -0.113. The summed E-state index contributed by atoms with van der Waals surface area (Å²) < 4.78 is 0. The van der Waals surface area contributed by atoms with Crippen LogP contribution in [0.15, 0.2) is 0 Å². The topological polar surface area (TPSA) is 59.1 Å². The molecule has 0 fully saturated rings. The molecule has 4 nitrogen and oxygen atoms in total. The van der Waals surface area contributed by atoms with E-state index in [-0.39, 0.29) is 23.0 Å². The smallest absolute Gasteiger partial charge is 0.241 e. The number of Topliss-reactive ketones (excluding diaryl/α,β-unsaturated/α-hetero) is 1. The summed E-state index contributed by atoms with van der Waals surface area (Å²) in [6, 6.07) is 0. The third-order valence-corrected chi connectivity index (χ3v) is 3.90. The van der Waals surface area contributed by atoms with E-state index in [9.17, 15) is 9.59 Å². The van der Waals surface area contributed by atoms with Crippen LogP contribution < -0.4 is 5.32 Å². The van der Waals surface area contributed by atoms with Gasteiger partial charge in [-0.2, -0.15) is 0 Å². The Bertz CT molecular complexity index is 482. The van der Waals surface area contributed by atoms with Crippen LogP contribution in [-0.4, -0.2) is 22.6 Å². The first-order valence-corrected chi connectivity index (χ1v) is 6.65. The van der Waals surface area contributed by atoms with E-state index in [1.54, 1.807) is 0 Å². The molecule has 0 atom stereocenters. The summed E-state index contributed by atoms with van der Waals surface area (Å²) in [5, 5.41) is 3.05. The molecule has 0 saturated carbocycles. The first-order valence-electron chi connectivity index (χ1n) is 5.30. The monoisotopic (exact) mass is 272 g/mol. The van der Waals surface area contributed by atoms with Crippen LogP contribution >= 0.6 is 22.9 Å². The number of carbonyl (C=O) groups is 2. The minimum absolute atomic E-state index is 0.0497. The van der Waals surface area contributed by atoms with Gasteiger partial charge in [0.1, 0.15) is 5.88 Å². The number of anilines is 1. The zero-order chi connectivity index (χ0) is 12.6. The number of fused-ring (bicyclic) bond motifs is 1. The highest BCUT2D eigenvalue weighted by atomic mass is 35.5. The molecular weight excluding hydrogens is 260 g/mol. The molecule has 6 heteroatoms. The molecule has 92 valence electrons. The van der Waals surface area contributed by atoms with Crippen LogP contribution in [0.5, 0.6) is 0 Å². The van der Waals surface area contributed by atoms with E-state index in [0.29, 0.717) is 16.4 Å². The molecule has 1 N–H and O–H groups in total. The van der Waals surface area contributed by atoms with Gasteiger partial charge in [0.2, 0.25) is 5.91 Å². The number of hydrogen-bond acceptors (Lipinski definition) is 4. The van der Waals surface area contributed by atoms with Crippen molar-refractivity contribution in [3.63, 3.8) is 0 Å². The Hall–Kier alpha value is -0.940. The Morgan fingerprint density at radius 3 is 2.88 bits per heavy atom. The van der Waals surface area contributed by atoms with E-state index in [2.05, 4.69) is 10.3 Å². The van der Waals surface area contributed by atoms with Crippen LogP contribution in [0.1, 0.15) is 35.6 Å². The van der Waals surface area contributed by atoms with Crippen LogP contribution in [0.4, 0.5) is 5.13 Å². The molecule has 0 saturated heterocycles. The largest absolute Gasteiger partial charge is 0.301 e. The minimum Gasteiger partial charge on any atom is -0.301 e. The molecule has 1 amide bonds. The predicted molar refractivity (Wildman–Crippen MR) is 67.9 cm³/mol. The van der Waals surface area contributed by atoms with Gasteiger partial charge in [-0.3, -0.25) is 9.59 Å². The average Bonchev–Trinajstić information content (AvgIpc) is 2.58. The molecule has 1 aliphatic carbocycles. The number of carbonyl (C=O) groups excluding carboxylic acids is 2. The SMILES string of the molecule is CC1(C)CC(=O)c2sc(NC(=O)CCl)nc2C1. The summed E-state index contributed by atoms with van der Waals surface area (Å²) in [4.78, 5) is 28.0. The summed E-state index contributed by atoms with van der Waals surface area (Å²) in [7, 11) is 0. The van der Waals surface area contributed by atoms with Gasteiger partial charge < -0.3 is 5.32 Å². The van der Waals surface area contributed by atoms with Gasteiger partial charge >= 0.3 is 0 Å². The van der Waals surface area contributed by atoms with Crippen molar-refractivity contribution in [1.82, 2.24) is 4.98 Å². The first-order chi connectivity index (χ1) is 7.91. The highest BCUT2D eigenvalue weighted by molar-refractivity contribution is 7.17. The Balaban J connectivity index is 2.27. The molecular formula is C11H13ClN2O2S. The van der Waals surface area contributed by atoms with Crippen LogP contribution in [-0.2, 0) is 11.2 Å². The molecule has 0 aliphatic heterocycles. The minimum atomic E-state index is -0.301. The number of nitrogens with zero attached hydrogens (tertiary/aromatic N) is 1. The molecule has 0 radical (unpaired) electrons. The van der Waals surface area contributed by atoms with Crippen LogP contribution in [0.25, 0.3) is 0 Å². The normalized spacial score (nSPS) is 17.7.